The SMILES string of the molecule is CCCCCNc1ccc(Br)cc1Br. The van der Waals surface area contributed by atoms with Gasteiger partial charge in [0.15, 0.2) is 0 Å². The molecule has 0 amide bonds. The first-order valence-electron chi connectivity index (χ1n) is 4.93. The summed E-state index contributed by atoms with van der Waals surface area (Å²) in [7, 11) is 0. The highest BCUT2D eigenvalue weighted by Gasteiger charge is 1.98. The fourth-order valence-electron chi connectivity index (χ4n) is 1.23. The highest BCUT2D eigenvalue weighted by molar-refractivity contribution is 9.11. The van der Waals surface area contributed by atoms with E-state index in [1.54, 1.807) is 0 Å². The van der Waals surface area contributed by atoms with E-state index in [9.17, 15) is 0 Å². The number of nitrogens with one attached hydrogen (secondary N) is 1. The largest absolute Gasteiger partial charge is 0.384 e. The van der Waals surface area contributed by atoms with E-state index >= 15 is 0 Å². The average molecular weight is 321 g/mol. The minimum absolute atomic E-state index is 1.05. The van der Waals surface area contributed by atoms with E-state index in [1.807, 2.05) is 6.07 Å². The minimum atomic E-state index is 1.05. The Morgan fingerprint density at radius 1 is 1.21 bits per heavy atom. The van der Waals surface area contributed by atoms with Crippen molar-refractivity contribution in [3.8, 4) is 0 Å². The molecular weight excluding hydrogens is 306 g/mol. The molecule has 1 nitrogen and oxygen atoms in total. The minimum Gasteiger partial charge on any atom is -0.384 e. The summed E-state index contributed by atoms with van der Waals surface area (Å²) < 4.78 is 2.21. The van der Waals surface area contributed by atoms with Crippen molar-refractivity contribution >= 4 is 37.5 Å². The third kappa shape index (κ3) is 4.01. The molecule has 14 heavy (non-hydrogen) atoms. The zero-order chi connectivity index (χ0) is 10.4. The van der Waals surface area contributed by atoms with Crippen molar-refractivity contribution in [2.45, 2.75) is 26.2 Å². The molecule has 0 saturated heterocycles. The van der Waals surface area contributed by atoms with Crippen molar-refractivity contribution in [1.29, 1.82) is 0 Å². The first-order chi connectivity index (χ1) is 6.74. The molecule has 0 radical (unpaired) electrons. The first kappa shape index (κ1) is 12.1. The van der Waals surface area contributed by atoms with Crippen molar-refractivity contribution in [1.82, 2.24) is 0 Å². The van der Waals surface area contributed by atoms with Crippen LogP contribution >= 0.6 is 31.9 Å². The summed E-state index contributed by atoms with van der Waals surface area (Å²) in [5.74, 6) is 0. The molecule has 1 aromatic rings. The van der Waals surface area contributed by atoms with Gasteiger partial charge in [-0.2, -0.15) is 0 Å². The second-order valence-corrected chi connectivity index (χ2v) is 5.03. The highest BCUT2D eigenvalue weighted by Crippen LogP contribution is 2.25. The van der Waals surface area contributed by atoms with Crippen molar-refractivity contribution in [2.24, 2.45) is 0 Å². The van der Waals surface area contributed by atoms with Crippen LogP contribution in [-0.4, -0.2) is 6.54 Å². The molecule has 0 aromatic heterocycles. The molecule has 0 atom stereocenters. The van der Waals surface area contributed by atoms with E-state index in [4.69, 9.17) is 0 Å². The fourth-order valence-corrected chi connectivity index (χ4v) is 2.42. The Balaban J connectivity index is 2.42. The predicted octanol–water partition coefficient (Wildman–Crippen LogP) is 4.81. The molecule has 1 rings (SSSR count). The van der Waals surface area contributed by atoms with Crippen LogP contribution in [0.4, 0.5) is 5.69 Å². The van der Waals surface area contributed by atoms with Gasteiger partial charge in [0, 0.05) is 21.2 Å². The molecule has 0 fully saturated rings. The zero-order valence-corrected chi connectivity index (χ0v) is 11.5. The van der Waals surface area contributed by atoms with E-state index in [2.05, 4.69) is 56.2 Å². The van der Waals surface area contributed by atoms with Crippen LogP contribution < -0.4 is 5.32 Å². The number of anilines is 1. The summed E-state index contributed by atoms with van der Waals surface area (Å²) in [5.41, 5.74) is 1.17. The summed E-state index contributed by atoms with van der Waals surface area (Å²) >= 11 is 6.96. The maximum Gasteiger partial charge on any atom is 0.0485 e. The molecule has 0 spiro atoms. The lowest BCUT2D eigenvalue weighted by molar-refractivity contribution is 0.743. The molecular formula is C11H15Br2N. The molecule has 0 saturated carbocycles. The van der Waals surface area contributed by atoms with Crippen LogP contribution in [0.15, 0.2) is 27.1 Å². The molecule has 0 unspecified atom stereocenters. The fraction of sp³-hybridized carbons (Fsp3) is 0.455. The predicted molar refractivity (Wildman–Crippen MR) is 69.9 cm³/mol. The Morgan fingerprint density at radius 3 is 2.64 bits per heavy atom. The molecule has 0 aliphatic heterocycles. The molecule has 3 heteroatoms. The Bertz CT molecular complexity index is 287. The summed E-state index contributed by atoms with van der Waals surface area (Å²) in [6.07, 6.45) is 3.79. The Labute approximate surface area is 103 Å². The monoisotopic (exact) mass is 319 g/mol. The summed E-state index contributed by atoms with van der Waals surface area (Å²) in [6.45, 7) is 3.27. The van der Waals surface area contributed by atoms with Crippen molar-refractivity contribution < 1.29 is 0 Å². The van der Waals surface area contributed by atoms with Crippen LogP contribution in [0.2, 0.25) is 0 Å². The van der Waals surface area contributed by atoms with E-state index < -0.39 is 0 Å². The van der Waals surface area contributed by atoms with Gasteiger partial charge in [0.2, 0.25) is 0 Å². The normalized spacial score (nSPS) is 10.2. The number of rotatable bonds is 5. The Kier molecular flexibility index (Phi) is 5.56. The second kappa shape index (κ2) is 6.46. The van der Waals surface area contributed by atoms with E-state index in [0.717, 1.165) is 15.5 Å². The van der Waals surface area contributed by atoms with Crippen LogP contribution in [-0.2, 0) is 0 Å². The van der Waals surface area contributed by atoms with E-state index in [1.165, 1.54) is 24.9 Å². The number of hydrogen-bond acceptors (Lipinski definition) is 1. The summed E-state index contributed by atoms with van der Waals surface area (Å²) in [4.78, 5) is 0. The average Bonchev–Trinajstić information content (AvgIpc) is 2.15. The van der Waals surface area contributed by atoms with Crippen LogP contribution in [0.1, 0.15) is 26.2 Å². The van der Waals surface area contributed by atoms with Crippen molar-refractivity contribution in [3.63, 3.8) is 0 Å². The molecule has 1 aromatic carbocycles. The number of hydrogen-bond donors (Lipinski definition) is 1. The quantitative estimate of drug-likeness (QED) is 0.767. The second-order valence-electron chi connectivity index (χ2n) is 3.26. The van der Waals surface area contributed by atoms with E-state index in [-0.39, 0.29) is 0 Å². The van der Waals surface area contributed by atoms with Crippen LogP contribution in [0, 0.1) is 0 Å². The van der Waals surface area contributed by atoms with Crippen LogP contribution in [0.5, 0.6) is 0 Å². The van der Waals surface area contributed by atoms with Gasteiger partial charge in [-0.05, 0) is 40.5 Å². The lowest BCUT2D eigenvalue weighted by Crippen LogP contribution is -2.01. The number of benzene rings is 1. The first-order valence-corrected chi connectivity index (χ1v) is 6.51. The van der Waals surface area contributed by atoms with Gasteiger partial charge in [0.05, 0.1) is 0 Å². The van der Waals surface area contributed by atoms with Gasteiger partial charge in [-0.25, -0.2) is 0 Å². The molecule has 1 N–H and O–H groups in total. The molecule has 0 heterocycles. The van der Waals surface area contributed by atoms with Gasteiger partial charge in [-0.3, -0.25) is 0 Å². The topological polar surface area (TPSA) is 12.0 Å². The lowest BCUT2D eigenvalue weighted by Gasteiger charge is -2.08. The maximum absolute atomic E-state index is 3.52. The van der Waals surface area contributed by atoms with Gasteiger partial charge < -0.3 is 5.32 Å². The smallest absolute Gasteiger partial charge is 0.0485 e. The van der Waals surface area contributed by atoms with Crippen molar-refractivity contribution in [2.75, 3.05) is 11.9 Å². The standard InChI is InChI=1S/C11H15Br2N/c1-2-3-4-7-14-11-6-5-9(12)8-10(11)13/h5-6,8,14H,2-4,7H2,1H3. The van der Waals surface area contributed by atoms with Crippen LogP contribution in [0.25, 0.3) is 0 Å². The molecule has 0 aliphatic rings. The van der Waals surface area contributed by atoms with Gasteiger partial charge in [0.1, 0.15) is 0 Å². The molecule has 0 bridgehead atoms. The summed E-state index contributed by atoms with van der Waals surface area (Å²) in [6, 6.07) is 6.19. The van der Waals surface area contributed by atoms with E-state index in [0.29, 0.717) is 0 Å². The Hall–Kier alpha value is -0.0200. The van der Waals surface area contributed by atoms with Gasteiger partial charge in [-0.15, -0.1) is 0 Å². The third-order valence-electron chi connectivity index (χ3n) is 2.03. The number of unbranched alkanes of at least 4 members (excludes halogenated alkanes) is 2. The Morgan fingerprint density at radius 2 is 2.00 bits per heavy atom. The number of halogens is 2. The van der Waals surface area contributed by atoms with Gasteiger partial charge in [0.25, 0.3) is 0 Å². The van der Waals surface area contributed by atoms with Gasteiger partial charge >= 0.3 is 0 Å². The van der Waals surface area contributed by atoms with Crippen LogP contribution in [0.3, 0.4) is 0 Å². The zero-order valence-electron chi connectivity index (χ0n) is 8.32. The molecule has 78 valence electrons. The maximum atomic E-state index is 3.52. The lowest BCUT2D eigenvalue weighted by atomic mass is 10.2. The highest BCUT2D eigenvalue weighted by atomic mass is 79.9. The third-order valence-corrected chi connectivity index (χ3v) is 3.18. The summed E-state index contributed by atoms with van der Waals surface area (Å²) in [5, 5.41) is 3.41. The van der Waals surface area contributed by atoms with Gasteiger partial charge in [-0.1, -0.05) is 35.7 Å². The van der Waals surface area contributed by atoms with Crippen molar-refractivity contribution in [3.05, 3.63) is 27.1 Å². The molecule has 0 aliphatic carbocycles.